The molecule has 0 rings (SSSR count). The Balaban J connectivity index is 3.48. The number of aliphatic hydroxyl groups excluding tert-OH is 2. The summed E-state index contributed by atoms with van der Waals surface area (Å²) in [6.45, 7) is 4.92. The van der Waals surface area contributed by atoms with Gasteiger partial charge in [0.2, 0.25) is 5.91 Å². The monoisotopic (exact) mass is 834 g/mol. The summed E-state index contributed by atoms with van der Waals surface area (Å²) in [5.41, 5.74) is 0. The van der Waals surface area contributed by atoms with Gasteiger partial charge in [-0.2, -0.15) is 0 Å². The summed E-state index contributed by atoms with van der Waals surface area (Å²) in [6, 6.07) is -0.560. The topological polar surface area (TPSA) is 95.9 Å². The van der Waals surface area contributed by atoms with Gasteiger partial charge < -0.3 is 20.3 Å². The summed E-state index contributed by atoms with van der Waals surface area (Å²) in [7, 11) is 0. The van der Waals surface area contributed by atoms with Crippen LogP contribution in [0.3, 0.4) is 0 Å². The van der Waals surface area contributed by atoms with Crippen LogP contribution in [-0.4, -0.2) is 47.4 Å². The number of amides is 1. The van der Waals surface area contributed by atoms with Crippen LogP contribution in [0.2, 0.25) is 0 Å². The van der Waals surface area contributed by atoms with Crippen molar-refractivity contribution in [2.75, 3.05) is 13.2 Å². The molecule has 2 unspecified atom stereocenters. The van der Waals surface area contributed by atoms with Crippen LogP contribution >= 0.6 is 0 Å². The maximum Gasteiger partial charge on any atom is 0.305 e. The van der Waals surface area contributed by atoms with Gasteiger partial charge in [-0.1, -0.05) is 238 Å². The standard InChI is InChI=1S/C53H103NO5/c1-3-5-7-9-11-13-15-17-19-21-25-29-33-37-41-45-51(56)50(49-55)54-52(57)46-42-38-34-30-26-22-20-24-28-32-36-40-44-48-59-53(58)47-43-39-35-31-27-23-18-16-14-12-10-8-6-4-2/h22,26,50-51,55-56H,3-21,23-25,27-49H2,1-2H3,(H,54,57)/b26-22-. The number of nitrogens with one attached hydrogen (secondary N) is 1. The zero-order valence-corrected chi connectivity index (χ0v) is 39.7. The first-order valence-corrected chi connectivity index (χ1v) is 26.4. The zero-order valence-electron chi connectivity index (χ0n) is 39.7. The lowest BCUT2D eigenvalue weighted by molar-refractivity contribution is -0.143. The highest BCUT2D eigenvalue weighted by Crippen LogP contribution is 2.17. The fourth-order valence-electron chi connectivity index (χ4n) is 8.22. The Kier molecular flexibility index (Phi) is 48.1. The van der Waals surface area contributed by atoms with Crippen molar-refractivity contribution in [1.29, 1.82) is 0 Å². The first-order chi connectivity index (χ1) is 29.0. The molecule has 59 heavy (non-hydrogen) atoms. The maximum atomic E-state index is 12.4. The van der Waals surface area contributed by atoms with E-state index in [2.05, 4.69) is 31.3 Å². The van der Waals surface area contributed by atoms with E-state index < -0.39 is 12.1 Å². The van der Waals surface area contributed by atoms with Gasteiger partial charge in [0.1, 0.15) is 0 Å². The summed E-state index contributed by atoms with van der Waals surface area (Å²) in [5, 5.41) is 23.2. The molecule has 3 N–H and O–H groups in total. The van der Waals surface area contributed by atoms with E-state index in [-0.39, 0.29) is 18.5 Å². The van der Waals surface area contributed by atoms with E-state index in [1.807, 2.05) is 0 Å². The first-order valence-electron chi connectivity index (χ1n) is 26.4. The summed E-state index contributed by atoms with van der Waals surface area (Å²) in [6.07, 6.45) is 56.1. The fraction of sp³-hybridized carbons (Fsp3) is 0.925. The molecule has 0 aromatic carbocycles. The molecule has 0 heterocycles. The summed E-state index contributed by atoms with van der Waals surface area (Å²) >= 11 is 0. The maximum absolute atomic E-state index is 12.4. The van der Waals surface area contributed by atoms with E-state index in [0.29, 0.717) is 25.9 Å². The van der Waals surface area contributed by atoms with Gasteiger partial charge in [0.25, 0.3) is 0 Å². The number of hydrogen-bond acceptors (Lipinski definition) is 5. The summed E-state index contributed by atoms with van der Waals surface area (Å²) in [4.78, 5) is 24.5. The third-order valence-electron chi connectivity index (χ3n) is 12.3. The van der Waals surface area contributed by atoms with Gasteiger partial charge >= 0.3 is 5.97 Å². The minimum atomic E-state index is -0.680. The second-order valence-electron chi connectivity index (χ2n) is 18.2. The molecule has 0 aliphatic carbocycles. The minimum Gasteiger partial charge on any atom is -0.466 e. The lowest BCUT2D eigenvalue weighted by atomic mass is 10.0. The van der Waals surface area contributed by atoms with E-state index in [9.17, 15) is 19.8 Å². The molecule has 6 nitrogen and oxygen atoms in total. The smallest absolute Gasteiger partial charge is 0.305 e. The van der Waals surface area contributed by atoms with Crippen LogP contribution in [0, 0.1) is 0 Å². The van der Waals surface area contributed by atoms with Crippen molar-refractivity contribution in [2.45, 2.75) is 302 Å². The molecule has 0 aromatic rings. The van der Waals surface area contributed by atoms with Crippen molar-refractivity contribution in [3.05, 3.63) is 12.2 Å². The van der Waals surface area contributed by atoms with Gasteiger partial charge in [-0.05, 0) is 51.4 Å². The van der Waals surface area contributed by atoms with Gasteiger partial charge in [0.15, 0.2) is 0 Å². The van der Waals surface area contributed by atoms with Crippen molar-refractivity contribution in [1.82, 2.24) is 5.32 Å². The lowest BCUT2D eigenvalue weighted by Crippen LogP contribution is -2.45. The first kappa shape index (κ1) is 57.6. The van der Waals surface area contributed by atoms with E-state index in [0.717, 1.165) is 70.6 Å². The normalized spacial score (nSPS) is 12.7. The Morgan fingerprint density at radius 3 is 1.22 bits per heavy atom. The van der Waals surface area contributed by atoms with Gasteiger partial charge in [-0.25, -0.2) is 0 Å². The van der Waals surface area contributed by atoms with E-state index in [4.69, 9.17) is 4.74 Å². The number of hydrogen-bond donors (Lipinski definition) is 3. The third kappa shape index (κ3) is 45.9. The Morgan fingerprint density at radius 1 is 0.458 bits per heavy atom. The SMILES string of the molecule is CCCCCCCCCCCCCCCCCC(O)C(CO)NC(=O)CCCCC/C=C\CCCCCCCCOC(=O)CCCCCCCCCCCCCCCC. The highest BCUT2D eigenvalue weighted by atomic mass is 16.5. The van der Waals surface area contributed by atoms with Gasteiger partial charge in [0, 0.05) is 12.8 Å². The Bertz CT molecular complexity index is 878. The fourth-order valence-corrected chi connectivity index (χ4v) is 8.22. The molecular weight excluding hydrogens is 731 g/mol. The minimum absolute atomic E-state index is 0.0100. The molecule has 0 spiro atoms. The molecule has 0 aromatic heterocycles. The molecule has 6 heteroatoms. The van der Waals surface area contributed by atoms with Crippen molar-refractivity contribution in [3.8, 4) is 0 Å². The molecule has 0 aliphatic rings. The average molecular weight is 834 g/mol. The van der Waals surface area contributed by atoms with E-state index >= 15 is 0 Å². The third-order valence-corrected chi connectivity index (χ3v) is 12.3. The van der Waals surface area contributed by atoms with Gasteiger partial charge in [-0.15, -0.1) is 0 Å². The van der Waals surface area contributed by atoms with Gasteiger partial charge in [0.05, 0.1) is 25.4 Å². The van der Waals surface area contributed by atoms with Crippen LogP contribution in [0.25, 0.3) is 0 Å². The average Bonchev–Trinajstić information content (AvgIpc) is 3.24. The van der Waals surface area contributed by atoms with Crippen LogP contribution in [0.4, 0.5) is 0 Å². The Morgan fingerprint density at radius 2 is 0.797 bits per heavy atom. The summed E-state index contributed by atoms with van der Waals surface area (Å²) in [5.74, 6) is -0.0734. The molecule has 0 saturated heterocycles. The lowest BCUT2D eigenvalue weighted by Gasteiger charge is -2.22. The van der Waals surface area contributed by atoms with Crippen molar-refractivity contribution in [3.63, 3.8) is 0 Å². The van der Waals surface area contributed by atoms with Crippen molar-refractivity contribution < 1.29 is 24.5 Å². The number of esters is 1. The number of aliphatic hydroxyl groups is 2. The van der Waals surface area contributed by atoms with Crippen molar-refractivity contribution >= 4 is 11.9 Å². The molecule has 0 bridgehead atoms. The number of carbonyl (C=O) groups is 2. The highest BCUT2D eigenvalue weighted by Gasteiger charge is 2.20. The number of carbonyl (C=O) groups excluding carboxylic acids is 2. The Hall–Kier alpha value is -1.40. The second-order valence-corrected chi connectivity index (χ2v) is 18.2. The predicted molar refractivity (Wildman–Crippen MR) is 255 cm³/mol. The largest absolute Gasteiger partial charge is 0.466 e. The molecule has 0 aliphatic heterocycles. The highest BCUT2D eigenvalue weighted by molar-refractivity contribution is 5.76. The molecule has 1 amide bonds. The molecule has 0 saturated carbocycles. The number of allylic oxidation sites excluding steroid dienone is 2. The number of ether oxygens (including phenoxy) is 1. The summed E-state index contributed by atoms with van der Waals surface area (Å²) < 4.78 is 5.46. The van der Waals surface area contributed by atoms with Crippen LogP contribution in [0.15, 0.2) is 12.2 Å². The predicted octanol–water partition coefficient (Wildman–Crippen LogP) is 15.7. The molecule has 0 radical (unpaired) electrons. The molecule has 2 atom stereocenters. The van der Waals surface area contributed by atoms with Crippen molar-refractivity contribution in [2.24, 2.45) is 0 Å². The van der Waals surface area contributed by atoms with Gasteiger partial charge in [-0.3, -0.25) is 9.59 Å². The van der Waals surface area contributed by atoms with Crippen LogP contribution in [0.5, 0.6) is 0 Å². The molecule has 350 valence electrons. The van der Waals surface area contributed by atoms with Crippen LogP contribution in [0.1, 0.15) is 290 Å². The number of unbranched alkanes of at least 4 members (excludes halogenated alkanes) is 36. The van der Waals surface area contributed by atoms with E-state index in [1.54, 1.807) is 0 Å². The zero-order chi connectivity index (χ0) is 43.0. The quantitative estimate of drug-likeness (QED) is 0.0322. The molecular formula is C53H103NO5. The van der Waals surface area contributed by atoms with Crippen LogP contribution < -0.4 is 5.32 Å². The number of rotatable bonds is 49. The van der Waals surface area contributed by atoms with E-state index in [1.165, 1.54) is 186 Å². The Labute approximate surface area is 368 Å². The molecule has 0 fully saturated rings. The second kappa shape index (κ2) is 49.3. The van der Waals surface area contributed by atoms with Crippen LogP contribution in [-0.2, 0) is 14.3 Å².